The highest BCUT2D eigenvalue weighted by molar-refractivity contribution is 5.95. The van der Waals surface area contributed by atoms with Gasteiger partial charge in [-0.25, -0.2) is 4.79 Å². The molecule has 0 fully saturated rings. The third-order valence-electron chi connectivity index (χ3n) is 2.47. The molecule has 0 atom stereocenters. The molecule has 4 nitrogen and oxygen atoms in total. The standard InChI is InChI=1S/C13H14O4/c1-3-16-13(14)10-6-9-7-11(15-2)4-5-12(9)17-8-10/h4-7H,3,8H2,1-2H3. The molecule has 0 N–H and O–H groups in total. The molecule has 0 aromatic heterocycles. The number of carbonyl (C=O) groups is 1. The van der Waals surface area contributed by atoms with E-state index in [-0.39, 0.29) is 12.6 Å². The van der Waals surface area contributed by atoms with Crippen molar-refractivity contribution in [3.63, 3.8) is 0 Å². The first-order valence-corrected chi connectivity index (χ1v) is 5.43. The van der Waals surface area contributed by atoms with E-state index in [0.29, 0.717) is 12.2 Å². The Bertz CT molecular complexity index is 462. The van der Waals surface area contributed by atoms with Crippen LogP contribution in [0.25, 0.3) is 6.08 Å². The summed E-state index contributed by atoms with van der Waals surface area (Å²) in [4.78, 5) is 11.6. The molecule has 1 aliphatic rings. The Morgan fingerprint density at radius 1 is 1.47 bits per heavy atom. The van der Waals surface area contributed by atoms with Gasteiger partial charge in [-0.1, -0.05) is 0 Å². The van der Waals surface area contributed by atoms with E-state index in [1.54, 1.807) is 20.1 Å². The number of carbonyl (C=O) groups excluding carboxylic acids is 1. The molecule has 0 saturated carbocycles. The number of methoxy groups -OCH3 is 1. The molecule has 0 aliphatic carbocycles. The molecule has 90 valence electrons. The molecule has 1 aliphatic heterocycles. The molecule has 4 heteroatoms. The lowest BCUT2D eigenvalue weighted by Gasteiger charge is -2.17. The second-order valence-corrected chi connectivity index (χ2v) is 3.58. The van der Waals surface area contributed by atoms with E-state index in [9.17, 15) is 4.79 Å². The molecule has 2 rings (SSSR count). The molecule has 0 saturated heterocycles. The van der Waals surface area contributed by atoms with E-state index in [0.717, 1.165) is 17.1 Å². The van der Waals surface area contributed by atoms with Crippen LogP contribution in [0, 0.1) is 0 Å². The normalized spacial score (nSPS) is 13.2. The maximum atomic E-state index is 11.6. The van der Waals surface area contributed by atoms with Gasteiger partial charge in [0, 0.05) is 5.56 Å². The van der Waals surface area contributed by atoms with Crippen molar-refractivity contribution in [1.82, 2.24) is 0 Å². The fourth-order valence-corrected chi connectivity index (χ4v) is 1.62. The summed E-state index contributed by atoms with van der Waals surface area (Å²) >= 11 is 0. The van der Waals surface area contributed by atoms with Crippen LogP contribution in [-0.4, -0.2) is 26.3 Å². The third-order valence-corrected chi connectivity index (χ3v) is 2.47. The minimum atomic E-state index is -0.332. The van der Waals surface area contributed by atoms with Gasteiger partial charge < -0.3 is 14.2 Å². The second kappa shape index (κ2) is 4.91. The quantitative estimate of drug-likeness (QED) is 0.751. The van der Waals surface area contributed by atoms with Crippen molar-refractivity contribution >= 4 is 12.0 Å². The van der Waals surface area contributed by atoms with Crippen LogP contribution in [0.15, 0.2) is 23.8 Å². The molecule has 0 spiro atoms. The van der Waals surface area contributed by atoms with Gasteiger partial charge in [0.15, 0.2) is 0 Å². The average molecular weight is 234 g/mol. The van der Waals surface area contributed by atoms with Gasteiger partial charge in [0.05, 0.1) is 19.3 Å². The summed E-state index contributed by atoms with van der Waals surface area (Å²) in [7, 11) is 1.60. The highest BCUT2D eigenvalue weighted by Gasteiger charge is 2.18. The van der Waals surface area contributed by atoms with Crippen LogP contribution < -0.4 is 9.47 Å². The minimum Gasteiger partial charge on any atom is -0.497 e. The van der Waals surface area contributed by atoms with Crippen molar-refractivity contribution in [2.75, 3.05) is 20.3 Å². The van der Waals surface area contributed by atoms with E-state index in [4.69, 9.17) is 14.2 Å². The van der Waals surface area contributed by atoms with E-state index >= 15 is 0 Å². The van der Waals surface area contributed by atoms with Crippen LogP contribution in [0.1, 0.15) is 12.5 Å². The molecule has 0 bridgehead atoms. The van der Waals surface area contributed by atoms with E-state index in [1.807, 2.05) is 18.2 Å². The Morgan fingerprint density at radius 3 is 3.00 bits per heavy atom. The monoisotopic (exact) mass is 234 g/mol. The number of benzene rings is 1. The van der Waals surface area contributed by atoms with Crippen LogP contribution in [0.3, 0.4) is 0 Å². The summed E-state index contributed by atoms with van der Waals surface area (Å²) in [5.41, 5.74) is 1.35. The molecule has 1 aromatic carbocycles. The van der Waals surface area contributed by atoms with Crippen LogP contribution in [0.2, 0.25) is 0 Å². The number of esters is 1. The molecule has 0 radical (unpaired) electrons. The van der Waals surface area contributed by atoms with Crippen molar-refractivity contribution < 1.29 is 19.0 Å². The van der Waals surface area contributed by atoms with Gasteiger partial charge in [0.2, 0.25) is 0 Å². The van der Waals surface area contributed by atoms with Crippen molar-refractivity contribution in [2.24, 2.45) is 0 Å². The van der Waals surface area contributed by atoms with Crippen LogP contribution >= 0.6 is 0 Å². The zero-order valence-electron chi connectivity index (χ0n) is 9.86. The Hall–Kier alpha value is -1.97. The van der Waals surface area contributed by atoms with Crippen LogP contribution in [-0.2, 0) is 9.53 Å². The van der Waals surface area contributed by atoms with E-state index in [1.165, 1.54) is 0 Å². The van der Waals surface area contributed by atoms with E-state index in [2.05, 4.69) is 0 Å². The Kier molecular flexibility index (Phi) is 3.32. The lowest BCUT2D eigenvalue weighted by Crippen LogP contribution is -2.17. The van der Waals surface area contributed by atoms with Gasteiger partial charge in [-0.05, 0) is 31.2 Å². The second-order valence-electron chi connectivity index (χ2n) is 3.58. The number of ether oxygens (including phenoxy) is 3. The Balaban J connectivity index is 2.29. The smallest absolute Gasteiger partial charge is 0.337 e. The summed E-state index contributed by atoms with van der Waals surface area (Å²) < 4.78 is 15.5. The highest BCUT2D eigenvalue weighted by atomic mass is 16.5. The minimum absolute atomic E-state index is 0.248. The third kappa shape index (κ3) is 2.41. The van der Waals surface area contributed by atoms with Gasteiger partial charge in [0.1, 0.15) is 18.1 Å². The lowest BCUT2D eigenvalue weighted by atomic mass is 10.1. The number of hydrogen-bond donors (Lipinski definition) is 0. The van der Waals surface area contributed by atoms with Gasteiger partial charge in [-0.15, -0.1) is 0 Å². The molecular weight excluding hydrogens is 220 g/mol. The predicted molar refractivity (Wildman–Crippen MR) is 63.1 cm³/mol. The van der Waals surface area contributed by atoms with Crippen LogP contribution in [0.4, 0.5) is 0 Å². The maximum Gasteiger partial charge on any atom is 0.337 e. The first-order chi connectivity index (χ1) is 8.24. The summed E-state index contributed by atoms with van der Waals surface area (Å²) in [6.07, 6.45) is 1.78. The first-order valence-electron chi connectivity index (χ1n) is 5.43. The highest BCUT2D eigenvalue weighted by Crippen LogP contribution is 2.30. The van der Waals surface area contributed by atoms with Crippen molar-refractivity contribution in [3.8, 4) is 11.5 Å². The fourth-order valence-electron chi connectivity index (χ4n) is 1.62. The van der Waals surface area contributed by atoms with Gasteiger partial charge in [0.25, 0.3) is 0 Å². The molecule has 1 heterocycles. The summed E-state index contributed by atoms with van der Waals surface area (Å²) in [6, 6.07) is 5.47. The summed E-state index contributed by atoms with van der Waals surface area (Å²) in [5.74, 6) is 1.15. The predicted octanol–water partition coefficient (Wildman–Crippen LogP) is 2.03. The van der Waals surface area contributed by atoms with Crippen molar-refractivity contribution in [1.29, 1.82) is 0 Å². The fraction of sp³-hybridized carbons (Fsp3) is 0.308. The lowest BCUT2D eigenvalue weighted by molar-refractivity contribution is -0.138. The summed E-state index contributed by atoms with van der Waals surface area (Å²) in [5, 5.41) is 0. The molecule has 0 amide bonds. The first kappa shape index (κ1) is 11.5. The maximum absolute atomic E-state index is 11.6. The summed E-state index contributed by atoms with van der Waals surface area (Å²) in [6.45, 7) is 2.39. The molecule has 17 heavy (non-hydrogen) atoms. The number of fused-ring (bicyclic) bond motifs is 1. The number of rotatable bonds is 3. The molecular formula is C13H14O4. The molecule has 1 aromatic rings. The zero-order chi connectivity index (χ0) is 12.3. The average Bonchev–Trinajstić information content (AvgIpc) is 2.37. The number of hydrogen-bond acceptors (Lipinski definition) is 4. The Morgan fingerprint density at radius 2 is 2.29 bits per heavy atom. The van der Waals surface area contributed by atoms with Gasteiger partial charge >= 0.3 is 5.97 Å². The zero-order valence-corrected chi connectivity index (χ0v) is 9.86. The van der Waals surface area contributed by atoms with Gasteiger partial charge in [-0.3, -0.25) is 0 Å². The molecule has 0 unspecified atom stereocenters. The van der Waals surface area contributed by atoms with Crippen LogP contribution in [0.5, 0.6) is 11.5 Å². The van der Waals surface area contributed by atoms with Crippen molar-refractivity contribution in [2.45, 2.75) is 6.92 Å². The largest absolute Gasteiger partial charge is 0.497 e. The van der Waals surface area contributed by atoms with Crippen molar-refractivity contribution in [3.05, 3.63) is 29.3 Å². The van der Waals surface area contributed by atoms with E-state index < -0.39 is 0 Å². The SMILES string of the molecule is CCOC(=O)C1=Cc2cc(OC)ccc2OC1. The topological polar surface area (TPSA) is 44.8 Å². The Labute approximate surface area is 99.8 Å². The van der Waals surface area contributed by atoms with Gasteiger partial charge in [-0.2, -0.15) is 0 Å².